The number of carbonyl (C=O) groups excluding carboxylic acids is 4. The number of aliphatic hydroxyl groups excluding tert-OH is 1. The first-order valence-electron chi connectivity index (χ1n) is 37.6. The van der Waals surface area contributed by atoms with Crippen molar-refractivity contribution in [3.05, 3.63) is 0 Å². The number of hydrogen-bond donors (Lipinski definition) is 3. The summed E-state index contributed by atoms with van der Waals surface area (Å²) in [7, 11) is -9.90. The largest absolute Gasteiger partial charge is 0.472 e. The molecule has 0 aromatic rings. The third-order valence-electron chi connectivity index (χ3n) is 16.8. The standard InChI is InChI=1S/C72H140O17P2/c1-6-9-12-15-18-21-23-25-26-27-28-29-30-32-34-37-42-47-52-57-71(76)88-67(61-83-70(75)56-51-46-41-36-33-31-24-22-19-16-13-10-7-2)63-86-90(78,79)84-59-66(73)60-85-91(80,81)87-64-68(62-82-69(74)55-50-45-40-35-20-17-14-11-8-3)89-72(77)58-53-48-43-38-39-44-49-54-65(4)5/h65-68,73H,6-64H2,1-5H3,(H,78,79)(H,80,81)/t66-,67-,68-/m1/s1. The Hall–Kier alpha value is -1.94. The molecule has 0 spiro atoms. The topological polar surface area (TPSA) is 237 Å². The Kier molecular flexibility index (Phi) is 64.0. The number of esters is 4. The summed E-state index contributed by atoms with van der Waals surface area (Å²) >= 11 is 0. The molecule has 5 atom stereocenters. The van der Waals surface area contributed by atoms with Crippen LogP contribution in [0.2, 0.25) is 0 Å². The molecule has 0 aliphatic heterocycles. The Morgan fingerprint density at radius 2 is 0.505 bits per heavy atom. The van der Waals surface area contributed by atoms with Gasteiger partial charge in [0.2, 0.25) is 0 Å². The molecule has 0 radical (unpaired) electrons. The quantitative estimate of drug-likeness (QED) is 0.0222. The third kappa shape index (κ3) is 66.5. The summed E-state index contributed by atoms with van der Waals surface area (Å²) in [4.78, 5) is 72.5. The summed E-state index contributed by atoms with van der Waals surface area (Å²) < 4.78 is 68.3. The molecule has 0 rings (SSSR count). The van der Waals surface area contributed by atoms with Crippen LogP contribution in [-0.4, -0.2) is 96.7 Å². The van der Waals surface area contributed by atoms with Crippen molar-refractivity contribution < 1.29 is 80.2 Å². The van der Waals surface area contributed by atoms with Gasteiger partial charge in [-0.1, -0.05) is 324 Å². The van der Waals surface area contributed by atoms with Gasteiger partial charge < -0.3 is 33.8 Å². The van der Waals surface area contributed by atoms with Gasteiger partial charge in [0.05, 0.1) is 26.4 Å². The molecule has 0 bridgehead atoms. The Balaban J connectivity index is 5.19. The van der Waals surface area contributed by atoms with Gasteiger partial charge in [-0.15, -0.1) is 0 Å². The first kappa shape index (κ1) is 89.1. The van der Waals surface area contributed by atoms with E-state index in [0.717, 1.165) is 89.9 Å². The summed E-state index contributed by atoms with van der Waals surface area (Å²) in [5, 5.41) is 10.6. The van der Waals surface area contributed by atoms with Crippen LogP contribution in [0.3, 0.4) is 0 Å². The van der Waals surface area contributed by atoms with Crippen molar-refractivity contribution in [2.24, 2.45) is 5.92 Å². The van der Waals surface area contributed by atoms with E-state index >= 15 is 0 Å². The van der Waals surface area contributed by atoms with E-state index in [1.807, 2.05) is 0 Å². The fraction of sp³-hybridized carbons (Fsp3) is 0.944. The predicted molar refractivity (Wildman–Crippen MR) is 368 cm³/mol. The zero-order valence-corrected chi connectivity index (χ0v) is 60.8. The van der Waals surface area contributed by atoms with Gasteiger partial charge in [0.25, 0.3) is 0 Å². The Morgan fingerprint density at radius 3 is 0.747 bits per heavy atom. The van der Waals surface area contributed by atoms with Crippen molar-refractivity contribution in [2.45, 2.75) is 393 Å². The lowest BCUT2D eigenvalue weighted by Crippen LogP contribution is -2.30. The number of phosphoric ester groups is 2. The minimum Gasteiger partial charge on any atom is -0.462 e. The van der Waals surface area contributed by atoms with Crippen LogP contribution in [0.1, 0.15) is 375 Å². The second-order valence-corrected chi connectivity index (χ2v) is 29.4. The molecule has 0 aromatic carbocycles. The highest BCUT2D eigenvalue weighted by molar-refractivity contribution is 7.47. The smallest absolute Gasteiger partial charge is 0.462 e. The SMILES string of the molecule is CCCCCCCCCCCCCCCCCCCCCC(=O)O[C@H](COC(=O)CCCCCCCCCCCCCCC)COP(=O)(O)OC[C@@H](O)COP(=O)(O)OC[C@@H](COC(=O)CCCCCCCCCCC)OC(=O)CCCCCCCCCC(C)C. The predicted octanol–water partition coefficient (Wildman–Crippen LogP) is 20.9. The number of carbonyl (C=O) groups is 4. The summed E-state index contributed by atoms with van der Waals surface area (Å²) in [6.45, 7) is 7.18. The number of phosphoric acid groups is 2. The van der Waals surface area contributed by atoms with Gasteiger partial charge in [0.1, 0.15) is 19.3 Å². The highest BCUT2D eigenvalue weighted by atomic mass is 31.2. The average Bonchev–Trinajstić information content (AvgIpc) is 3.70. The molecular weight excluding hydrogens is 1200 g/mol. The van der Waals surface area contributed by atoms with Crippen LogP contribution in [0.4, 0.5) is 0 Å². The Labute approximate surface area is 556 Å². The molecular formula is C72H140O17P2. The van der Waals surface area contributed by atoms with Crippen molar-refractivity contribution >= 4 is 39.5 Å². The van der Waals surface area contributed by atoms with Crippen LogP contribution < -0.4 is 0 Å². The van der Waals surface area contributed by atoms with Crippen molar-refractivity contribution in [1.82, 2.24) is 0 Å². The van der Waals surface area contributed by atoms with Crippen LogP contribution in [0, 0.1) is 5.92 Å². The highest BCUT2D eigenvalue weighted by Crippen LogP contribution is 2.45. The van der Waals surface area contributed by atoms with E-state index in [9.17, 15) is 43.2 Å². The van der Waals surface area contributed by atoms with Gasteiger partial charge >= 0.3 is 39.5 Å². The molecule has 0 aliphatic rings. The van der Waals surface area contributed by atoms with Gasteiger partial charge in [0.15, 0.2) is 12.2 Å². The molecule has 0 saturated carbocycles. The second-order valence-electron chi connectivity index (χ2n) is 26.5. The van der Waals surface area contributed by atoms with Crippen LogP contribution in [0.15, 0.2) is 0 Å². The zero-order chi connectivity index (χ0) is 67.0. The van der Waals surface area contributed by atoms with Crippen molar-refractivity contribution in [1.29, 1.82) is 0 Å². The van der Waals surface area contributed by atoms with E-state index < -0.39 is 97.5 Å². The van der Waals surface area contributed by atoms with Crippen LogP contribution >= 0.6 is 15.6 Å². The first-order valence-corrected chi connectivity index (χ1v) is 40.6. The molecule has 17 nitrogen and oxygen atoms in total. The molecule has 91 heavy (non-hydrogen) atoms. The van der Waals surface area contributed by atoms with Gasteiger partial charge in [-0.2, -0.15) is 0 Å². The number of ether oxygens (including phenoxy) is 4. The van der Waals surface area contributed by atoms with Gasteiger partial charge in [-0.05, 0) is 31.6 Å². The fourth-order valence-corrected chi connectivity index (χ4v) is 12.6. The molecule has 3 N–H and O–H groups in total. The van der Waals surface area contributed by atoms with Gasteiger partial charge in [-0.25, -0.2) is 9.13 Å². The molecule has 19 heteroatoms. The van der Waals surface area contributed by atoms with Crippen molar-refractivity contribution in [2.75, 3.05) is 39.6 Å². The van der Waals surface area contributed by atoms with Crippen molar-refractivity contribution in [3.63, 3.8) is 0 Å². The normalized spacial score (nSPS) is 14.0. The number of rotatable bonds is 72. The van der Waals surface area contributed by atoms with Crippen LogP contribution in [0.25, 0.3) is 0 Å². The van der Waals surface area contributed by atoms with Gasteiger partial charge in [0, 0.05) is 25.7 Å². The third-order valence-corrected chi connectivity index (χ3v) is 18.7. The van der Waals surface area contributed by atoms with E-state index in [1.54, 1.807) is 0 Å². The fourth-order valence-electron chi connectivity index (χ4n) is 11.0. The zero-order valence-electron chi connectivity index (χ0n) is 59.0. The maximum Gasteiger partial charge on any atom is 0.472 e. The Morgan fingerprint density at radius 1 is 0.297 bits per heavy atom. The maximum absolute atomic E-state index is 13.0. The van der Waals surface area contributed by atoms with E-state index in [-0.39, 0.29) is 25.7 Å². The lowest BCUT2D eigenvalue weighted by molar-refractivity contribution is -0.161. The summed E-state index contributed by atoms with van der Waals surface area (Å²) in [6.07, 6.45) is 52.9. The van der Waals surface area contributed by atoms with Gasteiger partial charge in [-0.3, -0.25) is 37.3 Å². The summed E-state index contributed by atoms with van der Waals surface area (Å²) in [5.41, 5.74) is 0. The van der Waals surface area contributed by atoms with Crippen LogP contribution in [-0.2, 0) is 65.4 Å². The first-order chi connectivity index (χ1) is 44.0. The van der Waals surface area contributed by atoms with E-state index in [1.165, 1.54) is 199 Å². The van der Waals surface area contributed by atoms with E-state index in [4.69, 9.17) is 37.0 Å². The lowest BCUT2D eigenvalue weighted by Gasteiger charge is -2.21. The van der Waals surface area contributed by atoms with E-state index in [2.05, 4.69) is 34.6 Å². The number of unbranched alkanes of at least 4 members (excludes halogenated alkanes) is 44. The molecule has 540 valence electrons. The summed E-state index contributed by atoms with van der Waals surface area (Å²) in [5.74, 6) is -1.43. The molecule has 2 unspecified atom stereocenters. The molecule has 0 fully saturated rings. The molecule has 0 aromatic heterocycles. The number of aliphatic hydroxyl groups is 1. The molecule has 0 heterocycles. The second kappa shape index (κ2) is 65.4. The molecule has 0 saturated heterocycles. The molecule has 0 aliphatic carbocycles. The number of hydrogen-bond acceptors (Lipinski definition) is 15. The maximum atomic E-state index is 13.0. The van der Waals surface area contributed by atoms with E-state index in [0.29, 0.717) is 31.6 Å². The summed E-state index contributed by atoms with van der Waals surface area (Å²) in [6, 6.07) is 0. The minimum absolute atomic E-state index is 0.104. The Bertz CT molecular complexity index is 1750. The average molecular weight is 1340 g/mol. The van der Waals surface area contributed by atoms with Crippen molar-refractivity contribution in [3.8, 4) is 0 Å². The highest BCUT2D eigenvalue weighted by Gasteiger charge is 2.30. The molecule has 0 amide bonds. The van der Waals surface area contributed by atoms with Crippen LogP contribution in [0.5, 0.6) is 0 Å². The minimum atomic E-state index is -4.95. The lowest BCUT2D eigenvalue weighted by atomic mass is 10.0. The monoisotopic (exact) mass is 1340 g/mol.